The number of amides is 3. The predicted octanol–water partition coefficient (Wildman–Crippen LogP) is -0.845. The minimum atomic E-state index is -1.42. The van der Waals surface area contributed by atoms with Gasteiger partial charge in [-0.05, 0) is 17.5 Å². The van der Waals surface area contributed by atoms with Gasteiger partial charge >= 0.3 is 5.97 Å². The van der Waals surface area contributed by atoms with Crippen molar-refractivity contribution < 1.29 is 29.4 Å². The van der Waals surface area contributed by atoms with Crippen molar-refractivity contribution in [2.24, 2.45) is 11.7 Å². The Hall–Kier alpha value is -3.09. The fourth-order valence-corrected chi connectivity index (χ4v) is 3.49. The first-order valence-electron chi connectivity index (χ1n) is 10.7. The lowest BCUT2D eigenvalue weighted by Gasteiger charge is -2.25. The van der Waals surface area contributed by atoms with Gasteiger partial charge in [0.2, 0.25) is 17.7 Å². The highest BCUT2D eigenvalue weighted by Gasteiger charge is 2.31. The molecule has 1 aromatic carbocycles. The van der Waals surface area contributed by atoms with E-state index >= 15 is 0 Å². The first-order chi connectivity index (χ1) is 16.1. The van der Waals surface area contributed by atoms with E-state index in [0.29, 0.717) is 0 Å². The summed E-state index contributed by atoms with van der Waals surface area (Å²) >= 11 is 4.00. The molecule has 12 heteroatoms. The standard InChI is InChI=1S/C22H31N5O6S/c1-11(2)18(22(32)33)27-21(31)17(9-28)26-20(30)16(25-19(29)14(23)10-34)7-12-8-24-15-6-4-3-5-13(12)15/h3-6,8,11,14,16-18,24,28,34H,7,9-10,23H2,1-2H3,(H,25,29)(H,26,30)(H,27,31)(H,32,33). The van der Waals surface area contributed by atoms with Crippen molar-refractivity contribution in [1.29, 1.82) is 0 Å². The molecule has 0 fully saturated rings. The second kappa shape index (κ2) is 12.4. The van der Waals surface area contributed by atoms with Crippen LogP contribution in [0.25, 0.3) is 10.9 Å². The van der Waals surface area contributed by atoms with E-state index in [1.54, 1.807) is 20.0 Å². The summed E-state index contributed by atoms with van der Waals surface area (Å²) in [5.74, 6) is -3.81. The van der Waals surface area contributed by atoms with Crippen LogP contribution < -0.4 is 21.7 Å². The normalized spacial score (nSPS) is 14.8. The van der Waals surface area contributed by atoms with Crippen molar-refractivity contribution in [1.82, 2.24) is 20.9 Å². The summed E-state index contributed by atoms with van der Waals surface area (Å²) in [6, 6.07) is 2.71. The van der Waals surface area contributed by atoms with Crippen LogP contribution in [0.4, 0.5) is 0 Å². The van der Waals surface area contributed by atoms with Crippen molar-refractivity contribution in [2.45, 2.75) is 44.4 Å². The third kappa shape index (κ3) is 6.95. The number of rotatable bonds is 12. The number of fused-ring (bicyclic) bond motifs is 1. The van der Waals surface area contributed by atoms with Gasteiger partial charge in [0.05, 0.1) is 12.6 Å². The highest BCUT2D eigenvalue weighted by Crippen LogP contribution is 2.19. The maximum Gasteiger partial charge on any atom is 0.326 e. The number of carboxylic acid groups (broad SMARTS) is 1. The van der Waals surface area contributed by atoms with E-state index in [2.05, 4.69) is 33.6 Å². The predicted molar refractivity (Wildman–Crippen MR) is 129 cm³/mol. The van der Waals surface area contributed by atoms with Crippen LogP contribution in [0, 0.1) is 5.92 Å². The summed E-state index contributed by atoms with van der Waals surface area (Å²) in [5.41, 5.74) is 7.32. The Bertz CT molecular complexity index is 1030. The molecule has 0 aliphatic rings. The number of nitrogens with one attached hydrogen (secondary N) is 4. The molecule has 0 aliphatic heterocycles. The van der Waals surface area contributed by atoms with E-state index in [1.807, 2.05) is 24.3 Å². The van der Waals surface area contributed by atoms with Gasteiger partial charge in [0.25, 0.3) is 0 Å². The molecule has 0 radical (unpaired) electrons. The van der Waals surface area contributed by atoms with Crippen LogP contribution >= 0.6 is 12.6 Å². The molecular formula is C22H31N5O6S. The van der Waals surface area contributed by atoms with Crippen LogP contribution in [-0.4, -0.2) is 75.4 Å². The summed E-state index contributed by atoms with van der Waals surface area (Å²) in [6.07, 6.45) is 1.79. The second-order valence-corrected chi connectivity index (χ2v) is 8.59. The third-order valence-corrected chi connectivity index (χ3v) is 5.70. The molecule has 4 atom stereocenters. The molecule has 3 amide bonds. The van der Waals surface area contributed by atoms with Crippen molar-refractivity contribution in [2.75, 3.05) is 12.4 Å². The molecule has 0 saturated heterocycles. The molecule has 8 N–H and O–H groups in total. The average molecular weight is 494 g/mol. The molecule has 34 heavy (non-hydrogen) atoms. The number of carboxylic acids is 1. The Kier molecular flexibility index (Phi) is 9.90. The Balaban J connectivity index is 2.22. The molecular weight excluding hydrogens is 462 g/mol. The summed E-state index contributed by atoms with van der Waals surface area (Å²) < 4.78 is 0. The molecule has 0 aliphatic carbocycles. The third-order valence-electron chi connectivity index (χ3n) is 5.31. The topological polar surface area (TPSA) is 187 Å². The molecule has 0 bridgehead atoms. The van der Waals surface area contributed by atoms with Gasteiger partial charge in [0.1, 0.15) is 18.1 Å². The minimum Gasteiger partial charge on any atom is -0.480 e. The van der Waals surface area contributed by atoms with Crippen molar-refractivity contribution in [3.05, 3.63) is 36.0 Å². The van der Waals surface area contributed by atoms with E-state index in [9.17, 15) is 29.4 Å². The number of carbonyl (C=O) groups excluding carboxylic acids is 3. The zero-order valence-electron chi connectivity index (χ0n) is 18.9. The lowest BCUT2D eigenvalue weighted by atomic mass is 10.0. The van der Waals surface area contributed by atoms with Gasteiger partial charge in [-0.1, -0.05) is 32.0 Å². The first-order valence-corrected chi connectivity index (χ1v) is 11.4. The van der Waals surface area contributed by atoms with Crippen molar-refractivity contribution >= 4 is 47.2 Å². The van der Waals surface area contributed by atoms with Crippen LogP contribution in [0.15, 0.2) is 30.5 Å². The van der Waals surface area contributed by atoms with Crippen molar-refractivity contribution in [3.63, 3.8) is 0 Å². The summed E-state index contributed by atoms with van der Waals surface area (Å²) in [7, 11) is 0. The number of aliphatic hydroxyl groups excluding tert-OH is 1. The number of H-pyrrole nitrogens is 1. The average Bonchev–Trinajstić information content (AvgIpc) is 3.21. The van der Waals surface area contributed by atoms with E-state index in [-0.39, 0.29) is 12.2 Å². The van der Waals surface area contributed by atoms with Crippen LogP contribution in [0.3, 0.4) is 0 Å². The number of hydrogen-bond donors (Lipinski definition) is 8. The number of para-hydroxylation sites is 1. The van der Waals surface area contributed by atoms with Gasteiger partial charge < -0.3 is 36.9 Å². The second-order valence-electron chi connectivity index (χ2n) is 8.23. The quantitative estimate of drug-likeness (QED) is 0.177. The minimum absolute atomic E-state index is 0.0563. The SMILES string of the molecule is CC(C)C(NC(=O)C(CO)NC(=O)C(Cc1c[nH]c2ccccc12)NC(=O)C(N)CS)C(=O)O. The molecule has 1 aromatic heterocycles. The monoisotopic (exact) mass is 493 g/mol. The fraction of sp³-hybridized carbons (Fsp3) is 0.455. The Morgan fingerprint density at radius 3 is 2.24 bits per heavy atom. The zero-order chi connectivity index (χ0) is 25.4. The highest BCUT2D eigenvalue weighted by atomic mass is 32.1. The highest BCUT2D eigenvalue weighted by molar-refractivity contribution is 7.80. The number of benzene rings is 1. The molecule has 1 heterocycles. The van der Waals surface area contributed by atoms with Gasteiger partial charge in [0.15, 0.2) is 0 Å². The summed E-state index contributed by atoms with van der Waals surface area (Å²) in [5, 5.41) is 27.1. The maximum atomic E-state index is 13.1. The van der Waals surface area contributed by atoms with Gasteiger partial charge in [0, 0.05) is 29.3 Å². The van der Waals surface area contributed by atoms with Gasteiger partial charge in [-0.25, -0.2) is 4.79 Å². The Morgan fingerprint density at radius 2 is 1.65 bits per heavy atom. The Labute approximate surface area is 202 Å². The molecule has 2 rings (SSSR count). The number of aromatic nitrogens is 1. The number of hydrogen-bond acceptors (Lipinski definition) is 7. The van der Waals surface area contributed by atoms with Crippen LogP contribution in [0.2, 0.25) is 0 Å². The lowest BCUT2D eigenvalue weighted by Crippen LogP contribution is -2.59. The van der Waals surface area contributed by atoms with Crippen LogP contribution in [0.1, 0.15) is 19.4 Å². The number of aliphatic hydroxyl groups is 1. The van der Waals surface area contributed by atoms with E-state index in [0.717, 1.165) is 16.5 Å². The number of thiol groups is 1. The Morgan fingerprint density at radius 1 is 1.03 bits per heavy atom. The number of carbonyl (C=O) groups is 4. The number of aromatic amines is 1. The zero-order valence-corrected chi connectivity index (χ0v) is 19.8. The van der Waals surface area contributed by atoms with E-state index in [1.165, 1.54) is 0 Å². The van der Waals surface area contributed by atoms with Gasteiger partial charge in [-0.2, -0.15) is 12.6 Å². The van der Waals surface area contributed by atoms with Crippen LogP contribution in [0.5, 0.6) is 0 Å². The molecule has 11 nitrogen and oxygen atoms in total. The fourth-order valence-electron chi connectivity index (χ4n) is 3.33. The lowest BCUT2D eigenvalue weighted by molar-refractivity contribution is -0.143. The summed E-state index contributed by atoms with van der Waals surface area (Å²) in [4.78, 5) is 52.5. The number of nitrogens with two attached hydrogens (primary N) is 1. The van der Waals surface area contributed by atoms with Gasteiger partial charge in [-0.15, -0.1) is 0 Å². The smallest absolute Gasteiger partial charge is 0.326 e. The van der Waals surface area contributed by atoms with Gasteiger partial charge in [-0.3, -0.25) is 14.4 Å². The van der Waals surface area contributed by atoms with Crippen LogP contribution in [-0.2, 0) is 25.6 Å². The van der Waals surface area contributed by atoms with E-state index in [4.69, 9.17) is 5.73 Å². The van der Waals surface area contributed by atoms with Crippen molar-refractivity contribution in [3.8, 4) is 0 Å². The number of aliphatic carboxylic acids is 1. The molecule has 0 spiro atoms. The summed E-state index contributed by atoms with van der Waals surface area (Å²) in [6.45, 7) is 2.46. The molecule has 4 unspecified atom stereocenters. The first kappa shape index (κ1) is 27.2. The largest absolute Gasteiger partial charge is 0.480 e. The molecule has 186 valence electrons. The molecule has 0 saturated carbocycles. The molecule has 2 aromatic rings. The van der Waals surface area contributed by atoms with E-state index < -0.39 is 60.4 Å². The maximum absolute atomic E-state index is 13.1.